The van der Waals surface area contributed by atoms with Crippen molar-refractivity contribution in [3.05, 3.63) is 95.8 Å². The second kappa shape index (κ2) is 13.3. The lowest BCUT2D eigenvalue weighted by Crippen LogP contribution is -2.35. The number of benzene rings is 2. The molecule has 0 atom stereocenters. The zero-order valence-corrected chi connectivity index (χ0v) is 21.8. The molecule has 1 heterocycles. The van der Waals surface area contributed by atoms with Crippen molar-refractivity contribution >= 4 is 23.6 Å². The summed E-state index contributed by atoms with van der Waals surface area (Å²) in [6, 6.07) is 11.5. The zero-order chi connectivity index (χ0) is 28.4. The van der Waals surface area contributed by atoms with Gasteiger partial charge in [-0.25, -0.2) is 18.4 Å². The third-order valence-electron chi connectivity index (χ3n) is 5.40. The number of rotatable bonds is 10. The van der Waals surface area contributed by atoms with Gasteiger partial charge in [-0.15, -0.1) is 0 Å². The van der Waals surface area contributed by atoms with Crippen molar-refractivity contribution in [2.24, 2.45) is 0 Å². The van der Waals surface area contributed by atoms with E-state index in [4.69, 9.17) is 9.47 Å². The third kappa shape index (κ3) is 9.66. The first-order chi connectivity index (χ1) is 18.5. The minimum Gasteiger partial charge on any atom is -0.457 e. The van der Waals surface area contributed by atoms with Gasteiger partial charge in [0.05, 0.1) is 6.42 Å². The average Bonchev–Trinajstić information content (AvgIpc) is 2.86. The summed E-state index contributed by atoms with van der Waals surface area (Å²) >= 11 is 0. The number of urea groups is 1. The number of carbonyl (C=O) groups excluding carboxylic acids is 3. The molecular weight excluding hydrogens is 508 g/mol. The molecule has 204 valence electrons. The summed E-state index contributed by atoms with van der Waals surface area (Å²) in [5, 5.41) is 4.52. The Morgan fingerprint density at radius 1 is 1.03 bits per heavy atom. The first kappa shape index (κ1) is 29.0. The number of nitrogens with zero attached hydrogens (tertiary/aromatic N) is 1. The third-order valence-corrected chi connectivity index (χ3v) is 5.40. The molecule has 0 saturated heterocycles. The minimum absolute atomic E-state index is 0.0777. The fourth-order valence-corrected chi connectivity index (χ4v) is 3.49. The first-order valence-electron chi connectivity index (χ1n) is 12.2. The van der Waals surface area contributed by atoms with Crippen molar-refractivity contribution in [1.29, 1.82) is 0 Å². The van der Waals surface area contributed by atoms with Crippen LogP contribution in [0, 0.1) is 11.6 Å². The van der Waals surface area contributed by atoms with Gasteiger partial charge in [-0.05, 0) is 69.5 Å². The van der Waals surface area contributed by atoms with Crippen molar-refractivity contribution in [3.8, 4) is 11.5 Å². The van der Waals surface area contributed by atoms with Gasteiger partial charge >= 0.3 is 12.0 Å². The maximum absolute atomic E-state index is 14.7. The van der Waals surface area contributed by atoms with E-state index in [-0.39, 0.29) is 17.9 Å². The number of ether oxygens (including phenoxy) is 2. The van der Waals surface area contributed by atoms with E-state index in [2.05, 4.69) is 15.6 Å². The molecule has 0 spiro atoms. The molecule has 0 bridgehead atoms. The topological polar surface area (TPSA) is 107 Å². The largest absolute Gasteiger partial charge is 0.457 e. The number of allylic oxidation sites excluding steroid dienone is 1. The van der Waals surface area contributed by atoms with Crippen molar-refractivity contribution in [2.45, 2.75) is 45.6 Å². The van der Waals surface area contributed by atoms with Crippen LogP contribution < -0.4 is 15.4 Å². The van der Waals surface area contributed by atoms with Crippen molar-refractivity contribution in [3.63, 3.8) is 0 Å². The highest BCUT2D eigenvalue weighted by atomic mass is 19.1. The van der Waals surface area contributed by atoms with Crippen molar-refractivity contribution in [2.75, 3.05) is 5.32 Å². The highest BCUT2D eigenvalue weighted by molar-refractivity contribution is 6.01. The van der Waals surface area contributed by atoms with Gasteiger partial charge in [0.2, 0.25) is 5.91 Å². The number of anilines is 1. The summed E-state index contributed by atoms with van der Waals surface area (Å²) < 4.78 is 38.8. The lowest BCUT2D eigenvalue weighted by molar-refractivity contribution is -0.150. The van der Waals surface area contributed by atoms with E-state index in [9.17, 15) is 23.2 Å². The monoisotopic (exact) mass is 537 g/mol. The van der Waals surface area contributed by atoms with E-state index in [0.29, 0.717) is 29.8 Å². The molecule has 39 heavy (non-hydrogen) atoms. The van der Waals surface area contributed by atoms with Gasteiger partial charge in [0, 0.05) is 35.8 Å². The summed E-state index contributed by atoms with van der Waals surface area (Å²) in [4.78, 5) is 40.2. The molecule has 3 amide bonds. The summed E-state index contributed by atoms with van der Waals surface area (Å²) in [7, 11) is 0. The van der Waals surface area contributed by atoms with Gasteiger partial charge in [0.15, 0.2) is 11.6 Å². The predicted octanol–water partition coefficient (Wildman–Crippen LogP) is 5.87. The summed E-state index contributed by atoms with van der Waals surface area (Å²) in [6.07, 6.45) is 5.37. The van der Waals surface area contributed by atoms with Crippen LogP contribution in [0.25, 0.3) is 0 Å². The van der Waals surface area contributed by atoms with E-state index in [1.165, 1.54) is 48.7 Å². The first-order valence-corrected chi connectivity index (χ1v) is 12.2. The van der Waals surface area contributed by atoms with Crippen LogP contribution in [0.15, 0.2) is 72.9 Å². The second-order valence-electron chi connectivity index (χ2n) is 9.22. The van der Waals surface area contributed by atoms with Gasteiger partial charge in [-0.3, -0.25) is 15.1 Å². The van der Waals surface area contributed by atoms with Crippen molar-refractivity contribution in [1.82, 2.24) is 10.3 Å². The number of hydrogen-bond donors (Lipinski definition) is 2. The molecule has 0 aliphatic heterocycles. The van der Waals surface area contributed by atoms with Crippen LogP contribution in [0.4, 0.5) is 19.3 Å². The molecule has 0 aliphatic carbocycles. The molecule has 2 N–H and O–H groups in total. The van der Waals surface area contributed by atoms with Crippen molar-refractivity contribution < 1.29 is 32.6 Å². The number of pyridine rings is 1. The highest BCUT2D eigenvalue weighted by Crippen LogP contribution is 2.27. The Bertz CT molecular complexity index is 1360. The molecule has 8 nitrogen and oxygen atoms in total. The van der Waals surface area contributed by atoms with Crippen LogP contribution in [0.3, 0.4) is 0 Å². The lowest BCUT2D eigenvalue weighted by atomic mass is 10.0. The normalized spacial score (nSPS) is 11.2. The average molecular weight is 538 g/mol. The number of esters is 1. The Morgan fingerprint density at radius 2 is 1.77 bits per heavy atom. The summed E-state index contributed by atoms with van der Waals surface area (Å²) in [5.74, 6) is -1.92. The maximum Gasteiger partial charge on any atom is 0.330 e. The zero-order valence-electron chi connectivity index (χ0n) is 21.8. The highest BCUT2D eigenvalue weighted by Gasteiger charge is 2.22. The maximum atomic E-state index is 14.7. The molecule has 0 aliphatic rings. The number of hydrogen-bond acceptors (Lipinski definition) is 6. The number of aryl methyl sites for hydroxylation is 1. The minimum atomic E-state index is -0.840. The number of carbonyl (C=O) groups is 3. The quantitative estimate of drug-likeness (QED) is 0.247. The van der Waals surface area contributed by atoms with E-state index in [1.54, 1.807) is 39.0 Å². The fourth-order valence-electron chi connectivity index (χ4n) is 3.49. The molecular formula is C29H29F2N3O5. The molecule has 2 aromatic carbocycles. The van der Waals surface area contributed by atoms with Crippen LogP contribution in [0.2, 0.25) is 0 Å². The Morgan fingerprint density at radius 3 is 2.46 bits per heavy atom. The number of halogens is 2. The molecule has 0 fully saturated rings. The number of imide groups is 1. The van der Waals surface area contributed by atoms with Crippen LogP contribution >= 0.6 is 0 Å². The van der Waals surface area contributed by atoms with Crippen LogP contribution in [0.5, 0.6) is 11.5 Å². The van der Waals surface area contributed by atoms with E-state index < -0.39 is 35.1 Å². The molecule has 3 rings (SSSR count). The Balaban J connectivity index is 1.54. The molecule has 1 aromatic heterocycles. The Kier molecular flexibility index (Phi) is 9.86. The Labute approximate surface area is 225 Å². The molecule has 3 aromatic rings. The van der Waals surface area contributed by atoms with E-state index >= 15 is 0 Å². The summed E-state index contributed by atoms with van der Waals surface area (Å²) in [6.45, 7) is 5.35. The number of aromatic nitrogens is 1. The van der Waals surface area contributed by atoms with Crippen LogP contribution in [-0.4, -0.2) is 28.5 Å². The number of amides is 3. The SMILES string of the molecule is C/C=C/C(=O)OC(C)(C)CCc1cc(Oc2ccc(NC(=O)NC(=O)Cc3ccc(F)cc3)cc2F)ccn1. The standard InChI is InChI=1S/C29H29F2N3O5/c1-4-5-27(36)39-29(2,3)14-12-21-17-23(13-15-32-21)38-25-11-10-22(18-24(25)31)33-28(37)34-26(35)16-19-6-8-20(30)9-7-19/h4-11,13,15,17-18H,12,14,16H2,1-3H3,(H2,33,34,35,37)/b5-4+. The molecule has 10 heteroatoms. The fraction of sp³-hybridized carbons (Fsp3) is 0.241. The van der Waals surface area contributed by atoms with Gasteiger partial charge in [0.25, 0.3) is 0 Å². The van der Waals surface area contributed by atoms with Gasteiger partial charge in [0.1, 0.15) is 17.2 Å². The number of nitrogens with one attached hydrogen (secondary N) is 2. The van der Waals surface area contributed by atoms with E-state index in [1.807, 2.05) is 0 Å². The van der Waals surface area contributed by atoms with Gasteiger partial charge in [-0.2, -0.15) is 0 Å². The molecule has 0 saturated carbocycles. The molecule has 0 radical (unpaired) electrons. The summed E-state index contributed by atoms with van der Waals surface area (Å²) in [5.41, 5.74) is 0.604. The van der Waals surface area contributed by atoms with Gasteiger partial charge in [-0.1, -0.05) is 18.2 Å². The van der Waals surface area contributed by atoms with Crippen LogP contribution in [0.1, 0.15) is 38.4 Å². The molecule has 0 unspecified atom stereocenters. The van der Waals surface area contributed by atoms with E-state index in [0.717, 1.165) is 6.07 Å². The van der Waals surface area contributed by atoms with Gasteiger partial charge < -0.3 is 14.8 Å². The smallest absolute Gasteiger partial charge is 0.330 e. The van der Waals surface area contributed by atoms with Crippen LogP contribution in [-0.2, 0) is 27.2 Å². The predicted molar refractivity (Wildman–Crippen MR) is 141 cm³/mol. The Hall–Kier alpha value is -4.60. The lowest BCUT2D eigenvalue weighted by Gasteiger charge is -2.24. The second-order valence-corrected chi connectivity index (χ2v) is 9.22.